The van der Waals surface area contributed by atoms with E-state index in [0.29, 0.717) is 4.47 Å². The molecule has 0 spiro atoms. The fourth-order valence-corrected chi connectivity index (χ4v) is 1.86. The van der Waals surface area contributed by atoms with E-state index in [1.807, 2.05) is 0 Å². The van der Waals surface area contributed by atoms with Crippen LogP contribution in [0.4, 0.5) is 5.69 Å². The highest BCUT2D eigenvalue weighted by molar-refractivity contribution is 9.10. The van der Waals surface area contributed by atoms with Crippen LogP contribution in [0.15, 0.2) is 39.4 Å². The van der Waals surface area contributed by atoms with E-state index in [-0.39, 0.29) is 29.4 Å². The number of aromatic carboxylic acids is 1. The number of benzene rings is 1. The second-order valence-corrected chi connectivity index (χ2v) is 4.58. The molecule has 1 aromatic carbocycles. The topological polar surface area (TPSA) is 103 Å². The van der Waals surface area contributed by atoms with Gasteiger partial charge >= 0.3 is 5.97 Å². The maximum atomic E-state index is 10.9. The van der Waals surface area contributed by atoms with E-state index in [9.17, 15) is 14.9 Å². The van der Waals surface area contributed by atoms with E-state index < -0.39 is 10.9 Å². The first-order chi connectivity index (χ1) is 9.49. The molecule has 1 N–H and O–H groups in total. The quantitative estimate of drug-likeness (QED) is 0.661. The molecule has 0 saturated heterocycles. The number of furan rings is 1. The highest BCUT2D eigenvalue weighted by atomic mass is 79.9. The lowest BCUT2D eigenvalue weighted by atomic mass is 10.2. The summed E-state index contributed by atoms with van der Waals surface area (Å²) in [6.07, 6.45) is 1.24. The van der Waals surface area contributed by atoms with Gasteiger partial charge in [0.25, 0.3) is 5.69 Å². The number of halogens is 1. The lowest BCUT2D eigenvalue weighted by Gasteiger charge is -2.07. The monoisotopic (exact) mass is 341 g/mol. The molecule has 0 aliphatic carbocycles. The zero-order valence-corrected chi connectivity index (χ0v) is 11.5. The van der Waals surface area contributed by atoms with Crippen molar-refractivity contribution in [2.24, 2.45) is 0 Å². The van der Waals surface area contributed by atoms with Crippen molar-refractivity contribution in [1.82, 2.24) is 0 Å². The molecule has 0 amide bonds. The van der Waals surface area contributed by atoms with E-state index in [2.05, 4.69) is 15.9 Å². The number of non-ortho nitro benzene ring substituents is 1. The molecule has 104 valence electrons. The Hall–Kier alpha value is -2.35. The van der Waals surface area contributed by atoms with Gasteiger partial charge in [-0.3, -0.25) is 10.1 Å². The van der Waals surface area contributed by atoms with Gasteiger partial charge in [0.15, 0.2) is 5.76 Å². The van der Waals surface area contributed by atoms with E-state index in [1.54, 1.807) is 0 Å². The van der Waals surface area contributed by atoms with Crippen LogP contribution in [0.25, 0.3) is 0 Å². The number of carboxylic acids is 1. The number of carbonyl (C=O) groups is 1. The van der Waals surface area contributed by atoms with Crippen molar-refractivity contribution in [3.63, 3.8) is 0 Å². The Balaban J connectivity index is 2.18. The molecule has 20 heavy (non-hydrogen) atoms. The Morgan fingerprint density at radius 1 is 1.45 bits per heavy atom. The van der Waals surface area contributed by atoms with Gasteiger partial charge in [0.1, 0.15) is 17.9 Å². The standard InChI is InChI=1S/C12H8BrNO6/c13-9-2-1-7(14(17)18)5-10(9)20-6-11-8(12(15)16)3-4-19-11/h1-5H,6H2,(H,15,16). The third-order valence-electron chi connectivity index (χ3n) is 2.46. The maximum absolute atomic E-state index is 10.9. The predicted octanol–water partition coefficient (Wildman–Crippen LogP) is 3.23. The smallest absolute Gasteiger partial charge is 0.339 e. The van der Waals surface area contributed by atoms with Crippen molar-refractivity contribution in [2.75, 3.05) is 0 Å². The van der Waals surface area contributed by atoms with E-state index in [1.165, 1.54) is 30.5 Å². The van der Waals surface area contributed by atoms with Gasteiger partial charge < -0.3 is 14.3 Å². The van der Waals surface area contributed by atoms with Crippen LogP contribution in [0.3, 0.4) is 0 Å². The molecule has 0 bridgehead atoms. The largest absolute Gasteiger partial charge is 0.484 e. The number of nitro groups is 1. The summed E-state index contributed by atoms with van der Waals surface area (Å²) in [6.45, 7) is -0.144. The van der Waals surface area contributed by atoms with E-state index in [0.717, 1.165) is 0 Å². The second kappa shape index (κ2) is 5.74. The predicted molar refractivity (Wildman–Crippen MR) is 70.8 cm³/mol. The van der Waals surface area contributed by atoms with Crippen molar-refractivity contribution in [2.45, 2.75) is 6.61 Å². The average molecular weight is 342 g/mol. The Labute approximate surface area is 121 Å². The van der Waals surface area contributed by atoms with Crippen LogP contribution in [-0.4, -0.2) is 16.0 Å². The van der Waals surface area contributed by atoms with E-state index >= 15 is 0 Å². The number of hydrogen-bond acceptors (Lipinski definition) is 5. The van der Waals surface area contributed by atoms with Crippen LogP contribution in [0, 0.1) is 10.1 Å². The van der Waals surface area contributed by atoms with Gasteiger partial charge in [-0.1, -0.05) is 0 Å². The third-order valence-corrected chi connectivity index (χ3v) is 3.12. The number of rotatable bonds is 5. The normalized spacial score (nSPS) is 10.2. The summed E-state index contributed by atoms with van der Waals surface area (Å²) in [6, 6.07) is 5.36. The highest BCUT2D eigenvalue weighted by Gasteiger charge is 2.15. The molecule has 0 radical (unpaired) electrons. The van der Waals surface area contributed by atoms with Crippen molar-refractivity contribution < 1.29 is 24.0 Å². The van der Waals surface area contributed by atoms with Gasteiger partial charge in [-0.25, -0.2) is 4.79 Å². The molecular formula is C12H8BrNO6. The van der Waals surface area contributed by atoms with Crippen LogP contribution in [0.5, 0.6) is 5.75 Å². The Morgan fingerprint density at radius 3 is 2.85 bits per heavy atom. The molecular weight excluding hydrogens is 334 g/mol. The zero-order valence-electron chi connectivity index (χ0n) is 9.91. The molecule has 0 fully saturated rings. The first kappa shape index (κ1) is 14.1. The fourth-order valence-electron chi connectivity index (χ4n) is 1.50. The SMILES string of the molecule is O=C(O)c1ccoc1COc1cc([N+](=O)[O-])ccc1Br. The molecule has 8 heteroatoms. The molecule has 0 aliphatic heterocycles. The van der Waals surface area contributed by atoms with Crippen LogP contribution in [-0.2, 0) is 6.61 Å². The molecule has 2 rings (SSSR count). The average Bonchev–Trinajstić information content (AvgIpc) is 2.86. The number of hydrogen-bond donors (Lipinski definition) is 1. The van der Waals surface area contributed by atoms with Gasteiger partial charge in [0, 0.05) is 6.07 Å². The molecule has 0 atom stereocenters. The Kier molecular flexibility index (Phi) is 4.04. The minimum atomic E-state index is -1.13. The first-order valence-corrected chi connectivity index (χ1v) is 6.14. The third kappa shape index (κ3) is 2.97. The van der Waals surface area contributed by atoms with Gasteiger partial charge in [0.2, 0.25) is 0 Å². The minimum absolute atomic E-state index is 0.00782. The molecule has 0 saturated carbocycles. The number of nitrogens with zero attached hydrogens (tertiary/aromatic N) is 1. The molecule has 2 aromatic rings. The Morgan fingerprint density at radius 2 is 2.20 bits per heavy atom. The second-order valence-electron chi connectivity index (χ2n) is 3.72. The van der Waals surface area contributed by atoms with Crippen molar-refractivity contribution in [3.05, 3.63) is 56.4 Å². The number of carboxylic acid groups (broad SMARTS) is 1. The summed E-state index contributed by atoms with van der Waals surface area (Å²) in [5.41, 5.74) is -0.132. The van der Waals surface area contributed by atoms with Crippen LogP contribution < -0.4 is 4.74 Å². The number of ether oxygens (including phenoxy) is 1. The van der Waals surface area contributed by atoms with E-state index in [4.69, 9.17) is 14.3 Å². The molecule has 7 nitrogen and oxygen atoms in total. The lowest BCUT2D eigenvalue weighted by molar-refractivity contribution is -0.385. The number of nitro benzene ring substituents is 1. The molecule has 1 aromatic heterocycles. The first-order valence-electron chi connectivity index (χ1n) is 5.35. The summed E-state index contributed by atoms with van der Waals surface area (Å²) in [5.74, 6) is -0.765. The van der Waals surface area contributed by atoms with Crippen LogP contribution in [0.2, 0.25) is 0 Å². The summed E-state index contributed by atoms with van der Waals surface area (Å²) in [5, 5.41) is 19.6. The maximum Gasteiger partial charge on any atom is 0.339 e. The van der Waals surface area contributed by atoms with Gasteiger partial charge in [0.05, 0.1) is 21.7 Å². The molecule has 0 unspecified atom stereocenters. The van der Waals surface area contributed by atoms with Gasteiger partial charge in [-0.15, -0.1) is 0 Å². The minimum Gasteiger partial charge on any atom is -0.484 e. The van der Waals surface area contributed by atoms with Crippen molar-refractivity contribution in [1.29, 1.82) is 0 Å². The Bertz CT molecular complexity index is 666. The highest BCUT2D eigenvalue weighted by Crippen LogP contribution is 2.30. The lowest BCUT2D eigenvalue weighted by Crippen LogP contribution is -2.03. The summed E-state index contributed by atoms with van der Waals surface area (Å²) < 4.78 is 10.9. The fraction of sp³-hybridized carbons (Fsp3) is 0.0833. The van der Waals surface area contributed by atoms with Gasteiger partial charge in [-0.2, -0.15) is 0 Å². The summed E-state index contributed by atoms with van der Waals surface area (Å²) >= 11 is 3.20. The van der Waals surface area contributed by atoms with Crippen LogP contribution >= 0.6 is 15.9 Å². The van der Waals surface area contributed by atoms with Crippen molar-refractivity contribution >= 4 is 27.6 Å². The molecule has 1 heterocycles. The van der Waals surface area contributed by atoms with Crippen molar-refractivity contribution in [3.8, 4) is 5.75 Å². The summed E-state index contributed by atoms with van der Waals surface area (Å²) in [4.78, 5) is 21.0. The van der Waals surface area contributed by atoms with Gasteiger partial charge in [-0.05, 0) is 28.1 Å². The zero-order chi connectivity index (χ0) is 14.7. The van der Waals surface area contributed by atoms with Crippen LogP contribution in [0.1, 0.15) is 16.1 Å². The summed E-state index contributed by atoms with van der Waals surface area (Å²) in [7, 11) is 0. The molecule has 0 aliphatic rings.